The summed E-state index contributed by atoms with van der Waals surface area (Å²) in [5.74, 6) is 1.86. The average molecular weight is 377 g/mol. The highest BCUT2D eigenvalue weighted by molar-refractivity contribution is 8.39. The molecule has 1 aliphatic carbocycles. The van der Waals surface area contributed by atoms with E-state index in [0.717, 1.165) is 42.4 Å². The molecule has 1 atom stereocenters. The van der Waals surface area contributed by atoms with Gasteiger partial charge in [-0.25, -0.2) is 8.42 Å². The van der Waals surface area contributed by atoms with Gasteiger partial charge in [-0.15, -0.1) is 0 Å². The molecule has 3 rings (SSSR count). The summed E-state index contributed by atoms with van der Waals surface area (Å²) in [6.07, 6.45) is 6.15. The summed E-state index contributed by atoms with van der Waals surface area (Å²) in [5.41, 5.74) is 0. The summed E-state index contributed by atoms with van der Waals surface area (Å²) in [6.45, 7) is 0.842. The molecule has 1 amide bonds. The Bertz CT molecular complexity index is 571. The van der Waals surface area contributed by atoms with Crippen LogP contribution in [0.25, 0.3) is 0 Å². The van der Waals surface area contributed by atoms with Gasteiger partial charge in [-0.05, 0) is 19.3 Å². The van der Waals surface area contributed by atoms with Gasteiger partial charge in [-0.3, -0.25) is 9.79 Å². The predicted octanol–water partition coefficient (Wildman–Crippen LogP) is 2.17. The molecule has 2 heterocycles. The van der Waals surface area contributed by atoms with Crippen LogP contribution in [0.1, 0.15) is 38.5 Å². The Labute approximate surface area is 147 Å². The molecular formula is C15H24N2O3S3. The minimum absolute atomic E-state index is 0.0965. The second-order valence-corrected chi connectivity index (χ2v) is 11.0. The first-order valence-corrected chi connectivity index (χ1v) is 12.2. The number of nitrogens with zero attached hydrogens (tertiary/aromatic N) is 2. The predicted molar refractivity (Wildman–Crippen MR) is 98.0 cm³/mol. The van der Waals surface area contributed by atoms with Crippen molar-refractivity contribution in [2.75, 3.05) is 29.6 Å². The van der Waals surface area contributed by atoms with Crippen LogP contribution in [-0.2, 0) is 14.6 Å². The monoisotopic (exact) mass is 376 g/mol. The van der Waals surface area contributed by atoms with E-state index in [1.54, 1.807) is 11.8 Å². The van der Waals surface area contributed by atoms with Crippen LogP contribution in [0.5, 0.6) is 0 Å². The van der Waals surface area contributed by atoms with Gasteiger partial charge >= 0.3 is 0 Å². The molecule has 0 bridgehead atoms. The molecule has 1 saturated carbocycles. The maximum atomic E-state index is 12.8. The fourth-order valence-electron chi connectivity index (χ4n) is 3.66. The quantitative estimate of drug-likeness (QED) is 0.752. The van der Waals surface area contributed by atoms with Gasteiger partial charge in [0.15, 0.2) is 9.84 Å². The Morgan fingerprint density at radius 2 is 2.00 bits per heavy atom. The fraction of sp³-hybridized carbons (Fsp3) is 0.867. The number of hydrogen-bond acceptors (Lipinski definition) is 6. The van der Waals surface area contributed by atoms with Crippen molar-refractivity contribution in [3.05, 3.63) is 0 Å². The molecule has 1 saturated heterocycles. The van der Waals surface area contributed by atoms with E-state index < -0.39 is 9.84 Å². The molecule has 8 heteroatoms. The molecule has 3 aliphatic rings. The molecule has 1 unspecified atom stereocenters. The second kappa shape index (κ2) is 7.78. The third-order valence-corrected chi connectivity index (χ3v) is 8.72. The van der Waals surface area contributed by atoms with E-state index in [1.165, 1.54) is 18.2 Å². The van der Waals surface area contributed by atoms with Gasteiger partial charge in [0.25, 0.3) is 0 Å². The lowest BCUT2D eigenvalue weighted by Gasteiger charge is -2.38. The highest BCUT2D eigenvalue weighted by Crippen LogP contribution is 2.30. The second-order valence-electron chi connectivity index (χ2n) is 6.43. The molecule has 130 valence electrons. The number of thioether (sulfide) groups is 2. The van der Waals surface area contributed by atoms with E-state index in [2.05, 4.69) is 4.99 Å². The van der Waals surface area contributed by atoms with Crippen LogP contribution in [-0.4, -0.2) is 65.2 Å². The van der Waals surface area contributed by atoms with Gasteiger partial charge in [-0.1, -0.05) is 42.8 Å². The number of sulfone groups is 1. The molecule has 0 aromatic carbocycles. The zero-order valence-electron chi connectivity index (χ0n) is 13.3. The van der Waals surface area contributed by atoms with Crippen LogP contribution in [0.15, 0.2) is 4.99 Å². The molecule has 2 fully saturated rings. The van der Waals surface area contributed by atoms with Crippen LogP contribution in [0.4, 0.5) is 0 Å². The highest BCUT2D eigenvalue weighted by atomic mass is 32.2. The Balaban J connectivity index is 1.67. The number of carbonyl (C=O) groups is 1. The minimum atomic E-state index is -2.97. The Morgan fingerprint density at radius 3 is 2.61 bits per heavy atom. The maximum Gasteiger partial charge on any atom is 0.233 e. The molecule has 2 aliphatic heterocycles. The van der Waals surface area contributed by atoms with Crippen LogP contribution in [0, 0.1) is 0 Å². The highest BCUT2D eigenvalue weighted by Gasteiger charge is 2.38. The fourth-order valence-corrected chi connectivity index (χ4v) is 7.25. The van der Waals surface area contributed by atoms with Crippen molar-refractivity contribution in [1.82, 2.24) is 4.90 Å². The minimum Gasteiger partial charge on any atom is -0.335 e. The maximum absolute atomic E-state index is 12.8. The van der Waals surface area contributed by atoms with Gasteiger partial charge in [0.2, 0.25) is 5.91 Å². The molecular weight excluding hydrogens is 352 g/mol. The standard InChI is InChI=1S/C15H24N2O3S3/c18-14(10-22-15-16-7-8-21-15)17(12-4-2-1-3-5-12)13-6-9-23(19,20)11-13/h12-13H,1-11H2. The molecule has 5 nitrogen and oxygen atoms in total. The van der Waals surface area contributed by atoms with Crippen LogP contribution in [0.2, 0.25) is 0 Å². The molecule has 0 spiro atoms. The Morgan fingerprint density at radius 1 is 1.22 bits per heavy atom. The summed E-state index contributed by atoms with van der Waals surface area (Å²) >= 11 is 3.23. The first kappa shape index (κ1) is 17.6. The van der Waals surface area contributed by atoms with Crippen molar-refractivity contribution < 1.29 is 13.2 Å². The summed E-state index contributed by atoms with van der Waals surface area (Å²) in [7, 11) is -2.97. The van der Waals surface area contributed by atoms with E-state index in [1.807, 2.05) is 4.90 Å². The Kier molecular flexibility index (Phi) is 5.96. The average Bonchev–Trinajstić information content (AvgIpc) is 3.16. The van der Waals surface area contributed by atoms with Crippen molar-refractivity contribution >= 4 is 43.6 Å². The first-order chi connectivity index (χ1) is 11.1. The van der Waals surface area contributed by atoms with E-state index >= 15 is 0 Å². The molecule has 0 N–H and O–H groups in total. The van der Waals surface area contributed by atoms with E-state index in [0.29, 0.717) is 12.2 Å². The van der Waals surface area contributed by atoms with E-state index in [9.17, 15) is 13.2 Å². The summed E-state index contributed by atoms with van der Waals surface area (Å²) in [6, 6.07) is 0.114. The SMILES string of the molecule is O=C(CSC1=NCCS1)N(C1CCCCC1)C1CCS(=O)(=O)C1. The summed E-state index contributed by atoms with van der Waals surface area (Å²) in [4.78, 5) is 19.2. The van der Waals surface area contributed by atoms with Gasteiger partial charge in [0.05, 0.1) is 23.8 Å². The zero-order chi connectivity index (χ0) is 16.3. The van der Waals surface area contributed by atoms with Crippen molar-refractivity contribution in [3.63, 3.8) is 0 Å². The van der Waals surface area contributed by atoms with Gasteiger partial charge in [-0.2, -0.15) is 0 Å². The van der Waals surface area contributed by atoms with Crippen molar-refractivity contribution in [3.8, 4) is 0 Å². The molecule has 0 radical (unpaired) electrons. The smallest absolute Gasteiger partial charge is 0.233 e. The van der Waals surface area contributed by atoms with Crippen molar-refractivity contribution in [2.24, 2.45) is 4.99 Å². The summed E-state index contributed by atoms with van der Waals surface area (Å²) in [5, 5.41) is 0. The third kappa shape index (κ3) is 4.66. The molecule has 0 aromatic rings. The third-order valence-electron chi connectivity index (χ3n) is 4.73. The molecule has 23 heavy (non-hydrogen) atoms. The van der Waals surface area contributed by atoms with E-state index in [4.69, 9.17) is 0 Å². The topological polar surface area (TPSA) is 66.8 Å². The lowest BCUT2D eigenvalue weighted by atomic mass is 9.93. The normalized spacial score (nSPS) is 27.8. The van der Waals surface area contributed by atoms with Crippen LogP contribution >= 0.6 is 23.5 Å². The number of amides is 1. The first-order valence-electron chi connectivity index (χ1n) is 8.37. The van der Waals surface area contributed by atoms with Crippen LogP contribution in [0.3, 0.4) is 0 Å². The van der Waals surface area contributed by atoms with Gasteiger partial charge in [0.1, 0.15) is 4.38 Å². The number of rotatable bonds is 4. The van der Waals surface area contributed by atoms with Gasteiger partial charge in [0, 0.05) is 17.8 Å². The van der Waals surface area contributed by atoms with E-state index in [-0.39, 0.29) is 29.5 Å². The number of carbonyl (C=O) groups excluding carboxylic acids is 1. The lowest BCUT2D eigenvalue weighted by Crippen LogP contribution is -2.49. The van der Waals surface area contributed by atoms with Crippen LogP contribution < -0.4 is 0 Å². The largest absolute Gasteiger partial charge is 0.335 e. The zero-order valence-corrected chi connectivity index (χ0v) is 15.7. The van der Waals surface area contributed by atoms with Crippen molar-refractivity contribution in [1.29, 1.82) is 0 Å². The lowest BCUT2D eigenvalue weighted by molar-refractivity contribution is -0.133. The summed E-state index contributed by atoms with van der Waals surface area (Å²) < 4.78 is 24.7. The number of aliphatic imine (C=N–C) groups is 1. The van der Waals surface area contributed by atoms with Crippen molar-refractivity contribution in [2.45, 2.75) is 50.6 Å². The number of hydrogen-bond donors (Lipinski definition) is 0. The Hall–Kier alpha value is -0.210. The molecule has 0 aromatic heterocycles. The van der Waals surface area contributed by atoms with Gasteiger partial charge < -0.3 is 4.90 Å².